The maximum absolute atomic E-state index is 4.18. The second-order valence-corrected chi connectivity index (χ2v) is 4.62. The number of hydrogen-bond acceptors (Lipinski definition) is 3. The van der Waals surface area contributed by atoms with Crippen LogP contribution in [0.25, 0.3) is 5.52 Å². The molecule has 4 heteroatoms. The van der Waals surface area contributed by atoms with Crippen LogP contribution >= 0.6 is 0 Å². The monoisotopic (exact) mass is 202 g/mol. The summed E-state index contributed by atoms with van der Waals surface area (Å²) in [4.78, 5) is 0. The molecular weight excluding hydrogens is 188 g/mol. The molecule has 1 aliphatic carbocycles. The molecule has 0 aromatic carbocycles. The van der Waals surface area contributed by atoms with Crippen molar-refractivity contribution in [1.82, 2.24) is 14.8 Å². The van der Waals surface area contributed by atoms with Crippen molar-refractivity contribution in [2.45, 2.75) is 19.8 Å². The predicted octanol–water partition coefficient (Wildman–Crippen LogP) is 1.94. The standard InChI is InChI=1S/C11H14N4/c1-11(4-5-11)8-12-9-7-14-15-10(9)3-2-6-13-15/h2-3,6-7,12H,4-5,8H2,1H3. The van der Waals surface area contributed by atoms with Gasteiger partial charge in [-0.1, -0.05) is 6.92 Å². The summed E-state index contributed by atoms with van der Waals surface area (Å²) in [6, 6.07) is 3.96. The van der Waals surface area contributed by atoms with Crippen LogP contribution < -0.4 is 5.32 Å². The highest BCUT2D eigenvalue weighted by atomic mass is 15.4. The number of hydrogen-bond donors (Lipinski definition) is 1. The normalized spacial score (nSPS) is 17.9. The van der Waals surface area contributed by atoms with Crippen LogP contribution in [0.2, 0.25) is 0 Å². The van der Waals surface area contributed by atoms with Gasteiger partial charge in [0.1, 0.15) is 5.52 Å². The minimum Gasteiger partial charge on any atom is -0.381 e. The van der Waals surface area contributed by atoms with Crippen molar-refractivity contribution in [3.05, 3.63) is 24.5 Å². The molecule has 2 heterocycles. The Morgan fingerprint density at radius 1 is 1.47 bits per heavy atom. The quantitative estimate of drug-likeness (QED) is 0.827. The second-order valence-electron chi connectivity index (χ2n) is 4.62. The topological polar surface area (TPSA) is 42.2 Å². The lowest BCUT2D eigenvalue weighted by Crippen LogP contribution is -2.11. The highest BCUT2D eigenvalue weighted by Gasteiger charge is 2.36. The largest absolute Gasteiger partial charge is 0.381 e. The molecular formula is C11H14N4. The van der Waals surface area contributed by atoms with Crippen molar-refractivity contribution in [3.8, 4) is 0 Å². The lowest BCUT2D eigenvalue weighted by atomic mass is 10.1. The van der Waals surface area contributed by atoms with E-state index in [1.807, 2.05) is 18.3 Å². The summed E-state index contributed by atoms with van der Waals surface area (Å²) in [6.07, 6.45) is 6.25. The van der Waals surface area contributed by atoms with Crippen molar-refractivity contribution in [3.63, 3.8) is 0 Å². The van der Waals surface area contributed by atoms with E-state index in [0.29, 0.717) is 5.41 Å². The van der Waals surface area contributed by atoms with Crippen molar-refractivity contribution in [2.24, 2.45) is 5.41 Å². The van der Waals surface area contributed by atoms with Gasteiger partial charge in [-0.05, 0) is 30.4 Å². The summed E-state index contributed by atoms with van der Waals surface area (Å²) < 4.78 is 1.65. The highest BCUT2D eigenvalue weighted by molar-refractivity contribution is 5.70. The summed E-state index contributed by atoms with van der Waals surface area (Å²) >= 11 is 0. The Balaban J connectivity index is 1.84. The van der Waals surface area contributed by atoms with E-state index in [1.165, 1.54) is 12.8 Å². The molecule has 4 nitrogen and oxygen atoms in total. The SMILES string of the molecule is CC1(CNc2cnn3ncccc23)CC1. The van der Waals surface area contributed by atoms with E-state index >= 15 is 0 Å². The van der Waals surface area contributed by atoms with E-state index in [-0.39, 0.29) is 0 Å². The molecule has 0 unspecified atom stereocenters. The number of rotatable bonds is 3. The third-order valence-corrected chi connectivity index (χ3v) is 3.11. The van der Waals surface area contributed by atoms with Gasteiger partial charge in [-0.2, -0.15) is 10.2 Å². The average molecular weight is 202 g/mol. The Labute approximate surface area is 88.3 Å². The number of fused-ring (bicyclic) bond motifs is 1. The zero-order valence-electron chi connectivity index (χ0n) is 8.77. The summed E-state index contributed by atoms with van der Waals surface area (Å²) in [6.45, 7) is 3.34. The van der Waals surface area contributed by atoms with Gasteiger partial charge >= 0.3 is 0 Å². The fraction of sp³-hybridized carbons (Fsp3) is 0.455. The van der Waals surface area contributed by atoms with Gasteiger partial charge in [0.2, 0.25) is 0 Å². The van der Waals surface area contributed by atoms with Crippen molar-refractivity contribution in [1.29, 1.82) is 0 Å². The Hall–Kier alpha value is -1.58. The molecule has 15 heavy (non-hydrogen) atoms. The van der Waals surface area contributed by atoms with E-state index in [4.69, 9.17) is 0 Å². The molecule has 0 saturated heterocycles. The molecule has 1 saturated carbocycles. The molecule has 0 amide bonds. The van der Waals surface area contributed by atoms with Crippen LogP contribution in [0.1, 0.15) is 19.8 Å². The van der Waals surface area contributed by atoms with Gasteiger partial charge in [0.25, 0.3) is 0 Å². The smallest absolute Gasteiger partial charge is 0.110 e. The van der Waals surface area contributed by atoms with E-state index in [1.54, 1.807) is 10.8 Å². The number of aromatic nitrogens is 3. The zero-order chi connectivity index (χ0) is 10.3. The van der Waals surface area contributed by atoms with Crippen LogP contribution in [0.4, 0.5) is 5.69 Å². The third kappa shape index (κ3) is 1.56. The Bertz CT molecular complexity index is 484. The number of anilines is 1. The predicted molar refractivity (Wildman–Crippen MR) is 58.8 cm³/mol. The fourth-order valence-electron chi connectivity index (χ4n) is 1.67. The summed E-state index contributed by atoms with van der Waals surface area (Å²) in [7, 11) is 0. The fourth-order valence-corrected chi connectivity index (χ4v) is 1.67. The van der Waals surface area contributed by atoms with Crippen LogP contribution in [0.5, 0.6) is 0 Å². The molecule has 3 rings (SSSR count). The van der Waals surface area contributed by atoms with Gasteiger partial charge in [0, 0.05) is 12.7 Å². The number of nitrogens with one attached hydrogen (secondary N) is 1. The lowest BCUT2D eigenvalue weighted by Gasteiger charge is -2.09. The van der Waals surface area contributed by atoms with Gasteiger partial charge in [0.05, 0.1) is 11.9 Å². The second kappa shape index (κ2) is 2.95. The Kier molecular flexibility index (Phi) is 1.71. The molecule has 0 aliphatic heterocycles. The molecule has 2 aromatic rings. The van der Waals surface area contributed by atoms with Crippen LogP contribution in [0.3, 0.4) is 0 Å². The zero-order valence-corrected chi connectivity index (χ0v) is 8.77. The van der Waals surface area contributed by atoms with Crippen molar-refractivity contribution < 1.29 is 0 Å². The molecule has 1 aliphatic rings. The first-order valence-corrected chi connectivity index (χ1v) is 5.30. The first-order chi connectivity index (χ1) is 7.27. The summed E-state index contributed by atoms with van der Waals surface area (Å²) in [5, 5.41) is 11.8. The first kappa shape index (κ1) is 8.71. The van der Waals surface area contributed by atoms with E-state index in [0.717, 1.165) is 17.7 Å². The molecule has 78 valence electrons. The van der Waals surface area contributed by atoms with E-state index in [2.05, 4.69) is 22.4 Å². The average Bonchev–Trinajstić information content (AvgIpc) is 2.86. The Morgan fingerprint density at radius 3 is 3.13 bits per heavy atom. The Morgan fingerprint density at radius 2 is 2.33 bits per heavy atom. The maximum Gasteiger partial charge on any atom is 0.110 e. The van der Waals surface area contributed by atoms with Gasteiger partial charge in [-0.25, -0.2) is 0 Å². The van der Waals surface area contributed by atoms with Crippen LogP contribution in [0.15, 0.2) is 24.5 Å². The molecule has 0 bridgehead atoms. The molecule has 0 spiro atoms. The minimum absolute atomic E-state index is 0.510. The molecule has 2 aromatic heterocycles. The van der Waals surface area contributed by atoms with Gasteiger partial charge in [-0.15, -0.1) is 4.63 Å². The molecule has 0 radical (unpaired) electrons. The van der Waals surface area contributed by atoms with Crippen molar-refractivity contribution >= 4 is 11.2 Å². The van der Waals surface area contributed by atoms with Crippen LogP contribution in [-0.2, 0) is 0 Å². The molecule has 1 fully saturated rings. The van der Waals surface area contributed by atoms with Crippen molar-refractivity contribution in [2.75, 3.05) is 11.9 Å². The van der Waals surface area contributed by atoms with Gasteiger partial charge in [0.15, 0.2) is 0 Å². The van der Waals surface area contributed by atoms with Gasteiger partial charge in [-0.3, -0.25) is 0 Å². The molecule has 1 N–H and O–H groups in total. The summed E-state index contributed by atoms with van der Waals surface area (Å²) in [5.41, 5.74) is 2.63. The van der Waals surface area contributed by atoms with Crippen LogP contribution in [-0.4, -0.2) is 21.4 Å². The van der Waals surface area contributed by atoms with Crippen LogP contribution in [0, 0.1) is 5.41 Å². The lowest BCUT2D eigenvalue weighted by molar-refractivity contribution is 0.611. The third-order valence-electron chi connectivity index (χ3n) is 3.11. The van der Waals surface area contributed by atoms with Gasteiger partial charge < -0.3 is 5.32 Å². The number of nitrogens with zero attached hydrogens (tertiary/aromatic N) is 3. The highest BCUT2D eigenvalue weighted by Crippen LogP contribution is 2.44. The minimum atomic E-state index is 0.510. The van der Waals surface area contributed by atoms with E-state index < -0.39 is 0 Å². The maximum atomic E-state index is 4.18. The first-order valence-electron chi connectivity index (χ1n) is 5.30. The molecule has 0 atom stereocenters. The summed E-state index contributed by atoms with van der Waals surface area (Å²) in [5.74, 6) is 0. The van der Waals surface area contributed by atoms with E-state index in [9.17, 15) is 0 Å².